The van der Waals surface area contributed by atoms with Gasteiger partial charge < -0.3 is 20.1 Å². The Hall–Kier alpha value is -2.69. The summed E-state index contributed by atoms with van der Waals surface area (Å²) in [6.07, 6.45) is 0. The van der Waals surface area contributed by atoms with E-state index in [0.717, 1.165) is 22.5 Å². The van der Waals surface area contributed by atoms with Gasteiger partial charge in [-0.3, -0.25) is 4.79 Å². The number of hydrogen-bond acceptors (Lipinski definition) is 4. The monoisotopic (exact) mass is 326 g/mol. The van der Waals surface area contributed by atoms with E-state index in [4.69, 9.17) is 9.47 Å². The predicted octanol–water partition coefficient (Wildman–Crippen LogP) is 3.51. The average Bonchev–Trinajstić information content (AvgIpc) is 2.59. The number of rotatable bonds is 4. The van der Waals surface area contributed by atoms with Crippen LogP contribution in [0.15, 0.2) is 36.4 Å². The topological polar surface area (TPSA) is 59.6 Å². The Balaban J connectivity index is 1.72. The van der Waals surface area contributed by atoms with E-state index in [0.29, 0.717) is 24.7 Å². The largest absolute Gasteiger partial charge is 0.486 e. The third-order valence-electron chi connectivity index (χ3n) is 4.19. The molecule has 0 aromatic heterocycles. The second kappa shape index (κ2) is 6.83. The van der Waals surface area contributed by atoms with Crippen molar-refractivity contribution in [2.45, 2.75) is 26.8 Å². The number of fused-ring (bicyclic) bond motifs is 1. The first-order chi connectivity index (χ1) is 11.6. The summed E-state index contributed by atoms with van der Waals surface area (Å²) >= 11 is 0. The summed E-state index contributed by atoms with van der Waals surface area (Å²) in [5, 5.41) is 6.18. The molecule has 0 fully saturated rings. The minimum Gasteiger partial charge on any atom is -0.486 e. The molecule has 1 amide bonds. The van der Waals surface area contributed by atoms with Gasteiger partial charge in [0.05, 0.1) is 5.69 Å². The van der Waals surface area contributed by atoms with Crippen molar-refractivity contribution >= 4 is 17.3 Å². The zero-order valence-electron chi connectivity index (χ0n) is 14.2. The van der Waals surface area contributed by atoms with Gasteiger partial charge in [-0.25, -0.2) is 0 Å². The number of para-hydroxylation sites is 1. The number of anilines is 2. The molecule has 0 saturated heterocycles. The molecule has 0 aliphatic carbocycles. The zero-order chi connectivity index (χ0) is 17.1. The Bertz CT molecular complexity index is 758. The van der Waals surface area contributed by atoms with Gasteiger partial charge in [0.25, 0.3) is 0 Å². The van der Waals surface area contributed by atoms with Crippen LogP contribution in [0.2, 0.25) is 0 Å². The highest BCUT2D eigenvalue weighted by Crippen LogP contribution is 2.37. The van der Waals surface area contributed by atoms with Crippen molar-refractivity contribution in [3.8, 4) is 11.5 Å². The van der Waals surface area contributed by atoms with Crippen LogP contribution in [0.25, 0.3) is 0 Å². The minimum atomic E-state index is -0.415. The van der Waals surface area contributed by atoms with E-state index in [1.807, 2.05) is 57.2 Å². The van der Waals surface area contributed by atoms with E-state index >= 15 is 0 Å². The summed E-state index contributed by atoms with van der Waals surface area (Å²) in [4.78, 5) is 12.5. The molecule has 0 spiro atoms. The molecule has 1 aliphatic heterocycles. The molecule has 0 radical (unpaired) electrons. The average molecular weight is 326 g/mol. The molecule has 2 N–H and O–H groups in total. The fourth-order valence-corrected chi connectivity index (χ4v) is 2.61. The van der Waals surface area contributed by atoms with Crippen molar-refractivity contribution in [3.63, 3.8) is 0 Å². The lowest BCUT2D eigenvalue weighted by Gasteiger charge is -2.23. The molecule has 126 valence electrons. The van der Waals surface area contributed by atoms with Crippen LogP contribution in [0.5, 0.6) is 11.5 Å². The van der Waals surface area contributed by atoms with Gasteiger partial charge in [-0.2, -0.15) is 0 Å². The van der Waals surface area contributed by atoms with E-state index in [1.165, 1.54) is 0 Å². The molecule has 2 aromatic carbocycles. The van der Waals surface area contributed by atoms with Gasteiger partial charge in [-0.1, -0.05) is 18.2 Å². The summed E-state index contributed by atoms with van der Waals surface area (Å²) < 4.78 is 11.2. The molecule has 1 atom stereocenters. The predicted molar refractivity (Wildman–Crippen MR) is 95.1 cm³/mol. The molecule has 5 nitrogen and oxygen atoms in total. The Kier molecular flexibility index (Phi) is 4.60. The molecule has 5 heteroatoms. The number of aryl methyl sites for hydroxylation is 1. The van der Waals surface area contributed by atoms with E-state index in [1.54, 1.807) is 0 Å². The highest BCUT2D eigenvalue weighted by atomic mass is 16.6. The number of ether oxygens (including phenoxy) is 2. The second-order valence-electron chi connectivity index (χ2n) is 5.93. The first-order valence-corrected chi connectivity index (χ1v) is 8.08. The maximum atomic E-state index is 12.5. The molecule has 0 saturated carbocycles. The van der Waals surface area contributed by atoms with Gasteiger partial charge >= 0.3 is 0 Å². The van der Waals surface area contributed by atoms with Crippen LogP contribution in [0, 0.1) is 13.8 Å². The maximum Gasteiger partial charge on any atom is 0.246 e. The first-order valence-electron chi connectivity index (χ1n) is 8.08. The fourth-order valence-electron chi connectivity index (χ4n) is 2.61. The summed E-state index contributed by atoms with van der Waals surface area (Å²) in [5.74, 6) is 1.27. The van der Waals surface area contributed by atoms with Crippen molar-refractivity contribution in [2.75, 3.05) is 23.8 Å². The third kappa shape index (κ3) is 3.30. The van der Waals surface area contributed by atoms with Crippen LogP contribution in [0.3, 0.4) is 0 Å². The standard InChI is InChI=1S/C19H22N2O3/c1-12-6-4-7-15(13(12)2)21-19(22)14(3)20-16-8-5-9-17-18(16)24-11-10-23-17/h4-9,14,20H,10-11H2,1-3H3,(H,21,22). The van der Waals surface area contributed by atoms with Crippen molar-refractivity contribution in [3.05, 3.63) is 47.5 Å². The molecule has 1 aliphatic rings. The Morgan fingerprint density at radius 3 is 2.58 bits per heavy atom. The van der Waals surface area contributed by atoms with E-state index in [2.05, 4.69) is 10.6 Å². The van der Waals surface area contributed by atoms with Crippen molar-refractivity contribution in [1.29, 1.82) is 0 Å². The summed E-state index contributed by atoms with van der Waals surface area (Å²) in [6.45, 7) is 6.90. The molecule has 2 aromatic rings. The second-order valence-corrected chi connectivity index (χ2v) is 5.93. The fraction of sp³-hybridized carbons (Fsp3) is 0.316. The van der Waals surface area contributed by atoms with Crippen LogP contribution in [-0.2, 0) is 4.79 Å². The normalized spacial score (nSPS) is 14.0. The van der Waals surface area contributed by atoms with Gasteiger partial charge in [0.1, 0.15) is 19.3 Å². The Morgan fingerprint density at radius 2 is 1.75 bits per heavy atom. The van der Waals surface area contributed by atoms with E-state index < -0.39 is 6.04 Å². The first kappa shape index (κ1) is 16.2. The van der Waals surface area contributed by atoms with Crippen LogP contribution in [0.4, 0.5) is 11.4 Å². The summed E-state index contributed by atoms with van der Waals surface area (Å²) in [6, 6.07) is 11.1. The highest BCUT2D eigenvalue weighted by Gasteiger charge is 2.20. The molecule has 1 heterocycles. The zero-order valence-corrected chi connectivity index (χ0v) is 14.2. The smallest absolute Gasteiger partial charge is 0.246 e. The Morgan fingerprint density at radius 1 is 1.04 bits per heavy atom. The van der Waals surface area contributed by atoms with Gasteiger partial charge in [0, 0.05) is 5.69 Å². The number of carbonyl (C=O) groups excluding carboxylic acids is 1. The Labute approximate surface area is 142 Å². The molecule has 3 rings (SSSR count). The van der Waals surface area contributed by atoms with Crippen molar-refractivity contribution < 1.29 is 14.3 Å². The molecule has 24 heavy (non-hydrogen) atoms. The lowest BCUT2D eigenvalue weighted by molar-refractivity contribution is -0.116. The lowest BCUT2D eigenvalue weighted by Crippen LogP contribution is -2.32. The summed E-state index contributed by atoms with van der Waals surface area (Å²) in [7, 11) is 0. The van der Waals surface area contributed by atoms with E-state index in [-0.39, 0.29) is 5.91 Å². The number of carbonyl (C=O) groups is 1. The van der Waals surface area contributed by atoms with Gasteiger partial charge in [-0.15, -0.1) is 0 Å². The van der Waals surface area contributed by atoms with Gasteiger partial charge in [0.15, 0.2) is 11.5 Å². The van der Waals surface area contributed by atoms with Gasteiger partial charge in [-0.05, 0) is 50.1 Å². The SMILES string of the molecule is Cc1cccc(NC(=O)C(C)Nc2cccc3c2OCCO3)c1C. The third-order valence-corrected chi connectivity index (χ3v) is 4.19. The minimum absolute atomic E-state index is 0.0990. The molecule has 1 unspecified atom stereocenters. The lowest BCUT2D eigenvalue weighted by atomic mass is 10.1. The van der Waals surface area contributed by atoms with Crippen LogP contribution >= 0.6 is 0 Å². The highest BCUT2D eigenvalue weighted by molar-refractivity contribution is 5.97. The summed E-state index contributed by atoms with van der Waals surface area (Å²) in [5.41, 5.74) is 3.82. The van der Waals surface area contributed by atoms with E-state index in [9.17, 15) is 4.79 Å². The quantitative estimate of drug-likeness (QED) is 0.902. The van der Waals surface area contributed by atoms with Crippen LogP contribution < -0.4 is 20.1 Å². The number of amides is 1. The number of benzene rings is 2. The van der Waals surface area contributed by atoms with Gasteiger partial charge in [0.2, 0.25) is 5.91 Å². The van der Waals surface area contributed by atoms with Crippen LogP contribution in [-0.4, -0.2) is 25.2 Å². The molecular formula is C19H22N2O3. The molecular weight excluding hydrogens is 304 g/mol. The van der Waals surface area contributed by atoms with Crippen molar-refractivity contribution in [2.24, 2.45) is 0 Å². The number of nitrogens with one attached hydrogen (secondary N) is 2. The number of hydrogen-bond donors (Lipinski definition) is 2. The van der Waals surface area contributed by atoms with Crippen molar-refractivity contribution in [1.82, 2.24) is 0 Å². The van der Waals surface area contributed by atoms with Crippen LogP contribution in [0.1, 0.15) is 18.1 Å². The maximum absolute atomic E-state index is 12.5. The molecule has 0 bridgehead atoms.